The van der Waals surface area contributed by atoms with Crippen LogP contribution in [0.2, 0.25) is 5.15 Å². The Morgan fingerprint density at radius 2 is 2.30 bits per heavy atom. The first-order valence-corrected chi connectivity index (χ1v) is 3.69. The zero-order chi connectivity index (χ0) is 7.56. The van der Waals surface area contributed by atoms with Crippen LogP contribution in [-0.4, -0.2) is 22.7 Å². The predicted molar refractivity (Wildman–Crippen MR) is 43.4 cm³/mol. The Morgan fingerprint density at radius 3 is 2.70 bits per heavy atom. The third-order valence-corrected chi connectivity index (χ3v) is 1.64. The molecule has 1 rings (SSSR count). The second-order valence-electron chi connectivity index (χ2n) is 2.57. The van der Waals surface area contributed by atoms with Crippen molar-refractivity contribution in [1.82, 2.24) is 4.98 Å². The van der Waals surface area contributed by atoms with Crippen molar-refractivity contribution >= 4 is 29.3 Å². The summed E-state index contributed by atoms with van der Waals surface area (Å²) in [6, 6.07) is 3.82. The maximum atomic E-state index is 5.61. The molecule has 0 amide bonds. The first-order chi connectivity index (χ1) is 4.70. The van der Waals surface area contributed by atoms with Crippen molar-refractivity contribution < 1.29 is 0 Å². The van der Waals surface area contributed by atoms with Gasteiger partial charge in [-0.15, -0.1) is 0 Å². The van der Waals surface area contributed by atoms with E-state index in [1.54, 1.807) is 0 Å². The van der Waals surface area contributed by atoms with Crippen molar-refractivity contribution in [2.24, 2.45) is 0 Å². The summed E-state index contributed by atoms with van der Waals surface area (Å²) in [6.07, 6.45) is 1.81. The summed E-state index contributed by atoms with van der Waals surface area (Å²) in [4.78, 5) is 3.97. The van der Waals surface area contributed by atoms with Gasteiger partial charge < -0.3 is 0 Å². The molecule has 1 heterocycles. The number of aromatic nitrogens is 1. The van der Waals surface area contributed by atoms with E-state index in [1.807, 2.05) is 18.3 Å². The number of hydrogen-bond donors (Lipinski definition) is 0. The van der Waals surface area contributed by atoms with Crippen LogP contribution in [0.3, 0.4) is 0 Å². The Balaban J connectivity index is 2.89. The molecule has 1 aromatic rings. The predicted octanol–water partition coefficient (Wildman–Crippen LogP) is 1.96. The molecule has 0 radical (unpaired) electrons. The normalized spacial score (nSPS) is 13.2. The van der Waals surface area contributed by atoms with Gasteiger partial charge in [-0.2, -0.15) is 0 Å². The van der Waals surface area contributed by atoms with Gasteiger partial charge in [0.25, 0.3) is 0 Å². The average Bonchev–Trinajstić information content (AvgIpc) is 1.88. The van der Waals surface area contributed by atoms with Crippen LogP contribution in [0.15, 0.2) is 18.3 Å². The van der Waals surface area contributed by atoms with Gasteiger partial charge in [0.05, 0.1) is 0 Å². The van der Waals surface area contributed by atoms with Crippen molar-refractivity contribution in [3.63, 3.8) is 0 Å². The molecule has 48 valence electrons. The molecule has 0 bridgehead atoms. The molecule has 0 spiro atoms. The first-order valence-electron chi connectivity index (χ1n) is 3.31. The van der Waals surface area contributed by atoms with E-state index in [0.717, 1.165) is 0 Å². The Bertz CT molecular complexity index is 207. The minimum atomic E-state index is 0.532. The van der Waals surface area contributed by atoms with Gasteiger partial charge in [-0.25, -0.2) is 0 Å². The Morgan fingerprint density at radius 1 is 1.60 bits per heavy atom. The summed E-state index contributed by atoms with van der Waals surface area (Å²) in [5.74, 6) is 0. The van der Waals surface area contributed by atoms with Gasteiger partial charge in [0.2, 0.25) is 0 Å². The Labute approximate surface area is 75.0 Å². The summed E-state index contributed by atoms with van der Waals surface area (Å²) in [7, 11) is 0. The number of halogens is 1. The van der Waals surface area contributed by atoms with Crippen molar-refractivity contribution in [2.45, 2.75) is 11.5 Å². The quantitative estimate of drug-likeness (QED) is 0.437. The fourth-order valence-corrected chi connectivity index (χ4v) is 0.841. The molecule has 10 heavy (non-hydrogen) atoms. The van der Waals surface area contributed by atoms with Crippen LogP contribution in [0.25, 0.3) is 0 Å². The molecule has 0 N–H and O–H groups in total. The van der Waals surface area contributed by atoms with Crippen LogP contribution in [0.1, 0.15) is 17.1 Å². The van der Waals surface area contributed by atoms with Gasteiger partial charge in [0.15, 0.2) is 0 Å². The second kappa shape index (κ2) is 3.43. The summed E-state index contributed by atoms with van der Waals surface area (Å²) in [6.45, 7) is 2.13. The van der Waals surface area contributed by atoms with Gasteiger partial charge in [-0.1, -0.05) is 0 Å². The van der Waals surface area contributed by atoms with E-state index in [1.165, 1.54) is 5.56 Å². The zero-order valence-electron chi connectivity index (χ0n) is 6.13. The van der Waals surface area contributed by atoms with Gasteiger partial charge in [-0.3, -0.25) is 0 Å². The monoisotopic (exact) mass is 147 g/mol. The topological polar surface area (TPSA) is 12.9 Å². The van der Waals surface area contributed by atoms with Gasteiger partial charge >= 0.3 is 74.9 Å². The maximum absolute atomic E-state index is 5.61. The summed E-state index contributed by atoms with van der Waals surface area (Å²) < 4.78 is 0.532. The number of pyridine rings is 1. The fourth-order valence-electron chi connectivity index (χ4n) is 0.729. The molecule has 0 unspecified atom stereocenters. The van der Waals surface area contributed by atoms with E-state index < -0.39 is 0 Å². The molecule has 0 aliphatic carbocycles. The van der Waals surface area contributed by atoms with E-state index in [9.17, 15) is 0 Å². The van der Waals surface area contributed by atoms with E-state index in [4.69, 9.17) is 11.6 Å². The third-order valence-electron chi connectivity index (χ3n) is 1.42. The molecule has 1 nitrogen and oxygen atoms in total. The van der Waals surface area contributed by atoms with Crippen molar-refractivity contribution in [2.75, 3.05) is 0 Å². The van der Waals surface area contributed by atoms with Crippen LogP contribution in [0, 0.1) is 0 Å². The third kappa shape index (κ3) is 2.02. The van der Waals surface area contributed by atoms with Crippen LogP contribution in [0.5, 0.6) is 0 Å². The second-order valence-corrected chi connectivity index (χ2v) is 2.96. The molecule has 3 heteroatoms. The molecule has 1 aromatic heterocycles. The SMILES string of the molecule is [Li][C@@H](C)c1ccc(Cl)nc1. The van der Waals surface area contributed by atoms with E-state index in [0.29, 0.717) is 9.74 Å². The molecule has 0 aliphatic heterocycles. The molecular weight excluding hydrogens is 140 g/mol. The Hall–Kier alpha value is 0.0374. The summed E-state index contributed by atoms with van der Waals surface area (Å²) in [5.41, 5.74) is 1.23. The van der Waals surface area contributed by atoms with Crippen LogP contribution in [-0.2, 0) is 0 Å². The molecular formula is C7H7ClLiN. The standard InChI is InChI=1S/C7H7ClN.Li/c1-2-6-3-4-7(8)9-5-6;/h2-5H,1H3;. The van der Waals surface area contributed by atoms with E-state index >= 15 is 0 Å². The fraction of sp³-hybridized carbons (Fsp3) is 0.286. The van der Waals surface area contributed by atoms with Crippen LogP contribution in [0.4, 0.5) is 0 Å². The van der Waals surface area contributed by atoms with E-state index in [-0.39, 0.29) is 0 Å². The Kier molecular flexibility index (Phi) is 2.79. The van der Waals surface area contributed by atoms with Gasteiger partial charge in [0, 0.05) is 0 Å². The first kappa shape index (κ1) is 8.14. The van der Waals surface area contributed by atoms with Crippen molar-refractivity contribution in [3.8, 4) is 0 Å². The zero-order valence-corrected chi connectivity index (χ0v) is 6.89. The molecule has 0 aromatic carbocycles. The molecule has 0 aliphatic rings. The molecule has 1 atom stereocenters. The number of nitrogens with zero attached hydrogens (tertiary/aromatic N) is 1. The van der Waals surface area contributed by atoms with Crippen LogP contribution < -0.4 is 0 Å². The van der Waals surface area contributed by atoms with Crippen molar-refractivity contribution in [3.05, 3.63) is 29.0 Å². The van der Waals surface area contributed by atoms with Gasteiger partial charge in [-0.05, 0) is 0 Å². The molecule has 0 saturated carbocycles. The van der Waals surface area contributed by atoms with Gasteiger partial charge in [0.1, 0.15) is 0 Å². The summed E-state index contributed by atoms with van der Waals surface area (Å²) in [5, 5.41) is 0.560. The molecule has 0 fully saturated rings. The number of hydrogen-bond acceptors (Lipinski definition) is 1. The van der Waals surface area contributed by atoms with Crippen molar-refractivity contribution in [1.29, 1.82) is 0 Å². The minimum absolute atomic E-state index is 0.532. The van der Waals surface area contributed by atoms with E-state index in [2.05, 4.69) is 29.6 Å². The van der Waals surface area contributed by atoms with Crippen LogP contribution >= 0.6 is 11.6 Å². The summed E-state index contributed by atoms with van der Waals surface area (Å²) >= 11 is 7.74. The average molecular weight is 148 g/mol. The number of rotatable bonds is 1. The molecule has 0 saturated heterocycles.